The first kappa shape index (κ1) is 20.5. The average Bonchev–Trinajstić information content (AvgIpc) is 3.10. The molecule has 0 aliphatic rings. The molecule has 0 N–H and O–H groups in total. The Labute approximate surface area is 163 Å². The Morgan fingerprint density at radius 3 is 2.48 bits per heavy atom. The average molecular weight is 382 g/mol. The van der Waals surface area contributed by atoms with Gasteiger partial charge in [-0.2, -0.15) is 5.26 Å². The van der Waals surface area contributed by atoms with E-state index in [1.165, 1.54) is 11.3 Å². The fourth-order valence-corrected chi connectivity index (χ4v) is 3.46. The highest BCUT2D eigenvalue weighted by Crippen LogP contribution is 2.18. The van der Waals surface area contributed by atoms with E-state index in [1.54, 1.807) is 36.2 Å². The molecule has 0 unspecified atom stereocenters. The number of nitriles is 1. The van der Waals surface area contributed by atoms with Crippen molar-refractivity contribution in [3.63, 3.8) is 0 Å². The summed E-state index contributed by atoms with van der Waals surface area (Å²) >= 11 is 1.43. The molecule has 0 aliphatic carbocycles. The van der Waals surface area contributed by atoms with Gasteiger partial charge in [0.2, 0.25) is 5.91 Å². The summed E-state index contributed by atoms with van der Waals surface area (Å²) in [7, 11) is 1.68. The molecular formula is C21H22N2O3S. The largest absolute Gasteiger partial charge is 0.341 e. The lowest BCUT2D eigenvalue weighted by Crippen LogP contribution is -2.26. The van der Waals surface area contributed by atoms with E-state index in [1.807, 2.05) is 19.1 Å². The number of benzene rings is 1. The summed E-state index contributed by atoms with van der Waals surface area (Å²) in [5, 5.41) is 8.92. The Bertz CT molecular complexity index is 880. The van der Waals surface area contributed by atoms with E-state index >= 15 is 0 Å². The Morgan fingerprint density at radius 2 is 1.81 bits per heavy atom. The quantitative estimate of drug-likeness (QED) is 0.616. The molecule has 2 rings (SSSR count). The molecule has 1 aromatic carbocycles. The van der Waals surface area contributed by atoms with Crippen molar-refractivity contribution >= 4 is 28.8 Å². The first-order valence-electron chi connectivity index (χ1n) is 8.73. The van der Waals surface area contributed by atoms with Crippen molar-refractivity contribution in [1.82, 2.24) is 4.90 Å². The molecule has 0 fully saturated rings. The summed E-state index contributed by atoms with van der Waals surface area (Å²) < 4.78 is 0. The Kier molecular flexibility index (Phi) is 7.44. The first-order chi connectivity index (χ1) is 12.9. The summed E-state index contributed by atoms with van der Waals surface area (Å²) in [5.74, 6) is -0.238. The van der Waals surface area contributed by atoms with Gasteiger partial charge in [0.05, 0.1) is 16.5 Å². The molecule has 0 spiro atoms. The van der Waals surface area contributed by atoms with Gasteiger partial charge in [0.15, 0.2) is 5.78 Å². The number of nitrogens with zero attached hydrogens (tertiary/aromatic N) is 2. The molecule has 0 aliphatic heterocycles. The van der Waals surface area contributed by atoms with Crippen molar-refractivity contribution in [3.05, 3.63) is 57.3 Å². The number of aryl methyl sites for hydroxylation is 1. The van der Waals surface area contributed by atoms with Crippen LogP contribution in [0, 0.1) is 18.3 Å². The topological polar surface area (TPSA) is 78.2 Å². The highest BCUT2D eigenvalue weighted by molar-refractivity contribution is 7.14. The molecule has 0 atom stereocenters. The van der Waals surface area contributed by atoms with Gasteiger partial charge in [-0.05, 0) is 36.8 Å². The van der Waals surface area contributed by atoms with Crippen LogP contribution < -0.4 is 0 Å². The maximum Gasteiger partial charge on any atom is 0.223 e. The van der Waals surface area contributed by atoms with E-state index < -0.39 is 0 Å². The van der Waals surface area contributed by atoms with Crippen LogP contribution in [0.5, 0.6) is 0 Å². The van der Waals surface area contributed by atoms with Crippen LogP contribution >= 0.6 is 11.3 Å². The molecule has 0 saturated carbocycles. The summed E-state index contributed by atoms with van der Waals surface area (Å²) in [5.41, 5.74) is 1.42. The number of rotatable bonds is 9. The van der Waals surface area contributed by atoms with Crippen LogP contribution in [0.2, 0.25) is 0 Å². The van der Waals surface area contributed by atoms with Crippen molar-refractivity contribution in [1.29, 1.82) is 5.26 Å². The minimum Gasteiger partial charge on any atom is -0.341 e. The van der Waals surface area contributed by atoms with Gasteiger partial charge in [-0.15, -0.1) is 11.3 Å². The summed E-state index contributed by atoms with van der Waals surface area (Å²) in [4.78, 5) is 39.5. The number of hydrogen-bond acceptors (Lipinski definition) is 5. The first-order valence-corrected chi connectivity index (χ1v) is 9.55. The minimum absolute atomic E-state index is 0.0257. The van der Waals surface area contributed by atoms with Gasteiger partial charge in [-0.25, -0.2) is 0 Å². The maximum absolute atomic E-state index is 12.2. The van der Waals surface area contributed by atoms with E-state index in [4.69, 9.17) is 5.26 Å². The van der Waals surface area contributed by atoms with Crippen molar-refractivity contribution < 1.29 is 14.4 Å². The van der Waals surface area contributed by atoms with E-state index in [-0.39, 0.29) is 43.2 Å². The van der Waals surface area contributed by atoms with Crippen LogP contribution in [-0.4, -0.2) is 29.4 Å². The van der Waals surface area contributed by atoms with Crippen molar-refractivity contribution in [2.75, 3.05) is 7.05 Å². The van der Waals surface area contributed by atoms with Crippen LogP contribution in [0.15, 0.2) is 36.4 Å². The van der Waals surface area contributed by atoms with Gasteiger partial charge in [0.1, 0.15) is 5.78 Å². The molecule has 1 aromatic heterocycles. The highest BCUT2D eigenvalue weighted by atomic mass is 32.1. The fraction of sp³-hybridized carbons (Fsp3) is 0.333. The number of Topliss-reactive ketones (excluding diaryl/α,β-unsaturated/α-hetero) is 2. The van der Waals surface area contributed by atoms with Gasteiger partial charge in [-0.3, -0.25) is 14.4 Å². The predicted octanol–water partition coefficient (Wildman–Crippen LogP) is 3.90. The van der Waals surface area contributed by atoms with Gasteiger partial charge in [-0.1, -0.05) is 12.1 Å². The highest BCUT2D eigenvalue weighted by Gasteiger charge is 2.14. The van der Waals surface area contributed by atoms with Crippen molar-refractivity contribution in [3.8, 4) is 6.07 Å². The second kappa shape index (κ2) is 9.79. The number of thiophene rings is 1. The molecule has 6 heteroatoms. The second-order valence-electron chi connectivity index (χ2n) is 6.43. The zero-order valence-electron chi connectivity index (χ0n) is 15.5. The molecule has 0 radical (unpaired) electrons. The van der Waals surface area contributed by atoms with Crippen LogP contribution in [0.4, 0.5) is 0 Å². The Hall–Kier alpha value is -2.78. The number of amides is 1. The normalized spacial score (nSPS) is 10.3. The fourth-order valence-electron chi connectivity index (χ4n) is 2.62. The van der Waals surface area contributed by atoms with E-state index in [0.29, 0.717) is 17.0 Å². The zero-order chi connectivity index (χ0) is 19.8. The Morgan fingerprint density at radius 1 is 1.07 bits per heavy atom. The molecule has 27 heavy (non-hydrogen) atoms. The molecule has 1 heterocycles. The monoisotopic (exact) mass is 382 g/mol. The number of hydrogen-bond donors (Lipinski definition) is 0. The lowest BCUT2D eigenvalue weighted by Gasteiger charge is -2.17. The molecule has 140 valence electrons. The van der Waals surface area contributed by atoms with E-state index in [9.17, 15) is 14.4 Å². The summed E-state index contributed by atoms with van der Waals surface area (Å²) in [6.45, 7) is 2.32. The molecule has 5 nitrogen and oxygen atoms in total. The van der Waals surface area contributed by atoms with Crippen molar-refractivity contribution in [2.45, 2.75) is 39.2 Å². The third kappa shape index (κ3) is 6.46. The summed E-state index contributed by atoms with van der Waals surface area (Å²) in [6.07, 6.45) is 0.610. The van der Waals surface area contributed by atoms with Gasteiger partial charge < -0.3 is 4.90 Å². The standard InChI is InChI=1S/C21H22N2O3S/c1-15-6-10-20(27-15)19(25)9-7-18(24)8-11-21(26)23(2)14-17-5-3-4-16(12-17)13-22/h3-6,10,12H,7-9,11,14H2,1-2H3. The van der Waals surface area contributed by atoms with Gasteiger partial charge in [0.25, 0.3) is 0 Å². The zero-order valence-corrected chi connectivity index (χ0v) is 16.3. The minimum atomic E-state index is -0.133. The number of carbonyl (C=O) groups excluding carboxylic acids is 3. The van der Waals surface area contributed by atoms with E-state index in [2.05, 4.69) is 6.07 Å². The van der Waals surface area contributed by atoms with Crippen LogP contribution in [-0.2, 0) is 16.1 Å². The maximum atomic E-state index is 12.2. The van der Waals surface area contributed by atoms with Gasteiger partial charge >= 0.3 is 0 Å². The lowest BCUT2D eigenvalue weighted by molar-refractivity contribution is -0.132. The molecule has 0 bridgehead atoms. The third-order valence-corrected chi connectivity index (χ3v) is 5.21. The van der Waals surface area contributed by atoms with Crippen LogP contribution in [0.3, 0.4) is 0 Å². The second-order valence-corrected chi connectivity index (χ2v) is 7.72. The van der Waals surface area contributed by atoms with Crippen molar-refractivity contribution in [2.24, 2.45) is 0 Å². The third-order valence-electron chi connectivity index (χ3n) is 4.17. The molecule has 1 amide bonds. The lowest BCUT2D eigenvalue weighted by atomic mass is 10.1. The SMILES string of the molecule is Cc1ccc(C(=O)CCC(=O)CCC(=O)N(C)Cc2cccc(C#N)c2)s1. The molecule has 2 aromatic rings. The Balaban J connectivity index is 1.74. The van der Waals surface area contributed by atoms with Crippen LogP contribution in [0.1, 0.15) is 51.4 Å². The smallest absolute Gasteiger partial charge is 0.223 e. The molecular weight excluding hydrogens is 360 g/mol. The van der Waals surface area contributed by atoms with Crippen LogP contribution in [0.25, 0.3) is 0 Å². The summed E-state index contributed by atoms with van der Waals surface area (Å²) in [6, 6.07) is 12.8. The van der Waals surface area contributed by atoms with E-state index in [0.717, 1.165) is 10.4 Å². The number of ketones is 2. The number of carbonyl (C=O) groups is 3. The molecule has 0 saturated heterocycles. The predicted molar refractivity (Wildman–Crippen MR) is 104 cm³/mol. The van der Waals surface area contributed by atoms with Gasteiger partial charge in [0, 0.05) is 44.2 Å².